The molecule has 1 amide bonds. The van der Waals surface area contributed by atoms with Crippen molar-refractivity contribution in [3.05, 3.63) is 0 Å². The van der Waals surface area contributed by atoms with Gasteiger partial charge < -0.3 is 9.74 Å². The molecule has 2 rings (SSSR count). The lowest BCUT2D eigenvalue weighted by atomic mass is 9.69. The van der Waals surface area contributed by atoms with Gasteiger partial charge in [-0.2, -0.15) is 8.42 Å². The fraction of sp³-hybridized carbons (Fsp3) is 0.895. The molecule has 2 aliphatic rings. The maximum absolute atomic E-state index is 12.9. The summed E-state index contributed by atoms with van der Waals surface area (Å²) in [6.07, 6.45) is 2.85. The minimum atomic E-state index is -3.58. The molecule has 1 N–H and O–H groups in total. The van der Waals surface area contributed by atoms with E-state index in [0.29, 0.717) is 12.8 Å². The molecule has 1 aliphatic carbocycles. The van der Waals surface area contributed by atoms with E-state index >= 15 is 0 Å². The van der Waals surface area contributed by atoms with Gasteiger partial charge >= 0.3 is 0 Å². The molecule has 0 spiro atoms. The number of Topliss-reactive ketones (excluding diaryl/α,β-unsaturated/α-hetero) is 1. The summed E-state index contributed by atoms with van der Waals surface area (Å²) < 4.78 is 33.8. The highest BCUT2D eigenvalue weighted by Gasteiger charge is 2.52. The van der Waals surface area contributed by atoms with Crippen molar-refractivity contribution in [2.24, 2.45) is 17.8 Å². The van der Waals surface area contributed by atoms with Crippen LogP contribution in [0.2, 0.25) is 18.1 Å². The SMILES string of the molecule is C[C@@H](O[Si](C)(C)C(C)(C)C)[C@H]1C(=O)N[C@@H]1[C@H]1CCC[C@H](COS(C)(=O)=O)C1=O. The molecular weight excluding hydrogens is 398 g/mol. The highest BCUT2D eigenvalue weighted by Crippen LogP contribution is 2.41. The summed E-state index contributed by atoms with van der Waals surface area (Å²) in [7, 11) is -5.62. The molecule has 1 aliphatic heterocycles. The second kappa shape index (κ2) is 8.16. The Kier molecular flexibility index (Phi) is 6.85. The Labute approximate surface area is 170 Å². The minimum Gasteiger partial charge on any atom is -0.413 e. The van der Waals surface area contributed by atoms with Gasteiger partial charge in [0.2, 0.25) is 5.91 Å². The van der Waals surface area contributed by atoms with E-state index in [-0.39, 0.29) is 47.3 Å². The lowest BCUT2D eigenvalue weighted by Crippen LogP contribution is -2.67. The summed E-state index contributed by atoms with van der Waals surface area (Å²) in [5.41, 5.74) is 0. The zero-order valence-corrected chi connectivity index (χ0v) is 19.9. The number of carbonyl (C=O) groups excluding carboxylic acids is 2. The summed E-state index contributed by atoms with van der Waals surface area (Å²) in [4.78, 5) is 25.3. The van der Waals surface area contributed by atoms with Gasteiger partial charge in [-0.25, -0.2) is 0 Å². The number of hydrogen-bond acceptors (Lipinski definition) is 6. The van der Waals surface area contributed by atoms with Crippen LogP contribution in [0.25, 0.3) is 0 Å². The first-order valence-electron chi connectivity index (χ1n) is 10.0. The van der Waals surface area contributed by atoms with Crippen molar-refractivity contribution in [3.63, 3.8) is 0 Å². The van der Waals surface area contributed by atoms with Crippen molar-refractivity contribution in [2.75, 3.05) is 12.9 Å². The average Bonchev–Trinajstić information content (AvgIpc) is 2.49. The fourth-order valence-corrected chi connectivity index (χ4v) is 5.73. The first-order valence-corrected chi connectivity index (χ1v) is 14.7. The van der Waals surface area contributed by atoms with Crippen molar-refractivity contribution in [2.45, 2.75) is 77.2 Å². The van der Waals surface area contributed by atoms with Gasteiger partial charge in [-0.1, -0.05) is 27.2 Å². The summed E-state index contributed by atoms with van der Waals surface area (Å²) in [6.45, 7) is 12.6. The van der Waals surface area contributed by atoms with Crippen LogP contribution in [-0.4, -0.2) is 53.4 Å². The van der Waals surface area contributed by atoms with Gasteiger partial charge in [-0.15, -0.1) is 0 Å². The van der Waals surface area contributed by atoms with Crippen LogP contribution in [0.1, 0.15) is 47.0 Å². The van der Waals surface area contributed by atoms with Crippen molar-refractivity contribution in [3.8, 4) is 0 Å². The van der Waals surface area contributed by atoms with E-state index in [1.807, 2.05) is 6.92 Å². The number of amides is 1. The van der Waals surface area contributed by atoms with Crippen molar-refractivity contribution in [1.29, 1.82) is 0 Å². The normalized spacial score (nSPS) is 30.5. The molecule has 162 valence electrons. The zero-order chi connectivity index (χ0) is 21.5. The van der Waals surface area contributed by atoms with E-state index in [0.717, 1.165) is 12.7 Å². The molecule has 5 atom stereocenters. The highest BCUT2D eigenvalue weighted by atomic mass is 32.2. The van der Waals surface area contributed by atoms with Crippen LogP contribution in [0.5, 0.6) is 0 Å². The van der Waals surface area contributed by atoms with E-state index in [9.17, 15) is 18.0 Å². The minimum absolute atomic E-state index is 0.00979. The van der Waals surface area contributed by atoms with E-state index in [1.54, 1.807) is 0 Å². The van der Waals surface area contributed by atoms with Gasteiger partial charge in [0.15, 0.2) is 8.32 Å². The number of nitrogens with one attached hydrogen (secondary N) is 1. The molecule has 0 unspecified atom stereocenters. The molecular formula is C19H35NO6SSi. The largest absolute Gasteiger partial charge is 0.413 e. The standard InChI is InChI=1S/C19H35NO6SSi/c1-12(26-28(6,7)19(2,3)4)15-16(20-18(15)22)14-10-8-9-13(17(14)21)11-25-27(5,23)24/h12-16H,8-11H2,1-7H3,(H,20,22)/t12-,13-,14-,15-,16-/m1/s1. The summed E-state index contributed by atoms with van der Waals surface area (Å²) in [5.74, 6) is -1.18. The Bertz CT molecular complexity index is 714. The molecule has 0 radical (unpaired) electrons. The Morgan fingerprint density at radius 1 is 1.21 bits per heavy atom. The topological polar surface area (TPSA) is 98.8 Å². The predicted octanol–water partition coefficient (Wildman–Crippen LogP) is 2.47. The van der Waals surface area contributed by atoms with E-state index < -0.39 is 24.4 Å². The smallest absolute Gasteiger partial charge is 0.264 e. The Morgan fingerprint density at radius 2 is 1.82 bits per heavy atom. The number of rotatable bonds is 7. The molecule has 0 aromatic rings. The monoisotopic (exact) mass is 433 g/mol. The van der Waals surface area contributed by atoms with Crippen LogP contribution in [0.3, 0.4) is 0 Å². The summed E-state index contributed by atoms with van der Waals surface area (Å²) in [5, 5.41) is 2.94. The van der Waals surface area contributed by atoms with Crippen LogP contribution in [0.4, 0.5) is 0 Å². The van der Waals surface area contributed by atoms with Gasteiger partial charge in [-0.3, -0.25) is 13.8 Å². The molecule has 28 heavy (non-hydrogen) atoms. The Balaban J connectivity index is 2.07. The number of carbonyl (C=O) groups is 2. The number of hydrogen-bond donors (Lipinski definition) is 1. The maximum Gasteiger partial charge on any atom is 0.264 e. The molecule has 0 bridgehead atoms. The molecule has 0 aromatic heterocycles. The van der Waals surface area contributed by atoms with E-state index in [2.05, 4.69) is 39.2 Å². The van der Waals surface area contributed by atoms with Crippen LogP contribution in [0.15, 0.2) is 0 Å². The van der Waals surface area contributed by atoms with Gasteiger partial charge in [-0.05, 0) is 37.9 Å². The second-order valence-electron chi connectivity index (χ2n) is 9.77. The van der Waals surface area contributed by atoms with E-state index in [4.69, 9.17) is 8.61 Å². The van der Waals surface area contributed by atoms with Gasteiger partial charge in [0.05, 0.1) is 30.9 Å². The van der Waals surface area contributed by atoms with Gasteiger partial charge in [0.25, 0.3) is 10.1 Å². The van der Waals surface area contributed by atoms with Gasteiger partial charge in [0.1, 0.15) is 5.78 Å². The van der Waals surface area contributed by atoms with Crippen LogP contribution >= 0.6 is 0 Å². The quantitative estimate of drug-likeness (QED) is 0.376. The average molecular weight is 434 g/mol. The molecule has 0 aromatic carbocycles. The number of ketones is 1. The van der Waals surface area contributed by atoms with Crippen molar-refractivity contribution >= 4 is 30.1 Å². The highest BCUT2D eigenvalue weighted by molar-refractivity contribution is 7.85. The first-order chi connectivity index (χ1) is 12.6. The van der Waals surface area contributed by atoms with Gasteiger partial charge in [0, 0.05) is 11.8 Å². The molecule has 9 heteroatoms. The maximum atomic E-state index is 12.9. The first kappa shape index (κ1) is 23.5. The Morgan fingerprint density at radius 3 is 2.32 bits per heavy atom. The molecule has 2 fully saturated rings. The fourth-order valence-electron chi connectivity index (χ4n) is 3.89. The third-order valence-corrected chi connectivity index (χ3v) is 11.7. The molecule has 7 nitrogen and oxygen atoms in total. The summed E-state index contributed by atoms with van der Waals surface area (Å²) in [6, 6.07) is -0.249. The zero-order valence-electron chi connectivity index (χ0n) is 18.1. The third kappa shape index (κ3) is 5.23. The van der Waals surface area contributed by atoms with Crippen molar-refractivity contribution < 1.29 is 26.6 Å². The second-order valence-corrected chi connectivity index (χ2v) is 16.2. The van der Waals surface area contributed by atoms with Crippen LogP contribution < -0.4 is 5.32 Å². The molecule has 1 saturated heterocycles. The summed E-state index contributed by atoms with van der Waals surface area (Å²) >= 11 is 0. The lowest BCUT2D eigenvalue weighted by Gasteiger charge is -2.48. The Hall–Kier alpha value is -0.773. The number of β-lactam (4-membered cyclic amide) rings is 1. The third-order valence-electron chi connectivity index (χ3n) is 6.54. The van der Waals surface area contributed by atoms with Crippen molar-refractivity contribution in [1.82, 2.24) is 5.32 Å². The molecule has 1 heterocycles. The van der Waals surface area contributed by atoms with Crippen LogP contribution in [0, 0.1) is 17.8 Å². The van der Waals surface area contributed by atoms with E-state index in [1.165, 1.54) is 0 Å². The molecule has 1 saturated carbocycles. The predicted molar refractivity (Wildman–Crippen MR) is 110 cm³/mol. The van der Waals surface area contributed by atoms with Crippen LogP contribution in [-0.2, 0) is 28.3 Å². The lowest BCUT2D eigenvalue weighted by molar-refractivity contribution is -0.147.